The second kappa shape index (κ2) is 7.37. The zero-order chi connectivity index (χ0) is 19.7. The molecule has 4 rings (SSSR count). The van der Waals surface area contributed by atoms with Gasteiger partial charge in [0.2, 0.25) is 0 Å². The van der Waals surface area contributed by atoms with Gasteiger partial charge in [-0.2, -0.15) is 0 Å². The molecule has 1 aliphatic heterocycles. The van der Waals surface area contributed by atoms with Crippen molar-refractivity contribution in [2.75, 3.05) is 16.2 Å². The molecular formula is C20H17FN2O3S2. The minimum absolute atomic E-state index is 0.0512. The van der Waals surface area contributed by atoms with E-state index >= 15 is 0 Å². The van der Waals surface area contributed by atoms with E-state index in [1.807, 2.05) is 18.2 Å². The van der Waals surface area contributed by atoms with Crippen LogP contribution >= 0.6 is 11.3 Å². The maximum atomic E-state index is 13.7. The Bertz CT molecular complexity index is 1140. The molecule has 5 nitrogen and oxygen atoms in total. The van der Waals surface area contributed by atoms with E-state index in [1.165, 1.54) is 34.0 Å². The molecular weight excluding hydrogens is 399 g/mol. The van der Waals surface area contributed by atoms with Crippen molar-refractivity contribution < 1.29 is 17.6 Å². The number of nitrogens with one attached hydrogen (secondary N) is 1. The van der Waals surface area contributed by atoms with E-state index in [4.69, 9.17) is 0 Å². The summed E-state index contributed by atoms with van der Waals surface area (Å²) in [6.45, 7) is 0.395. The highest BCUT2D eigenvalue weighted by Gasteiger charge is 2.30. The number of hydrogen-bond acceptors (Lipinski definition) is 4. The average Bonchev–Trinajstić information content (AvgIpc) is 3.20. The van der Waals surface area contributed by atoms with Crippen molar-refractivity contribution in [2.45, 2.75) is 17.7 Å². The average molecular weight is 416 g/mol. The number of carbonyl (C=O) groups is 1. The Hall–Kier alpha value is -2.71. The van der Waals surface area contributed by atoms with Crippen LogP contribution in [0.5, 0.6) is 0 Å². The number of para-hydroxylation sites is 2. The van der Waals surface area contributed by atoms with Crippen molar-refractivity contribution in [3.63, 3.8) is 0 Å². The third kappa shape index (κ3) is 3.41. The van der Waals surface area contributed by atoms with Crippen LogP contribution in [0.4, 0.5) is 15.8 Å². The van der Waals surface area contributed by atoms with Crippen molar-refractivity contribution in [3.05, 3.63) is 76.2 Å². The summed E-state index contributed by atoms with van der Waals surface area (Å²) < 4.78 is 41.4. The Kier molecular flexibility index (Phi) is 4.91. The molecule has 0 saturated carbocycles. The van der Waals surface area contributed by atoms with Gasteiger partial charge in [0, 0.05) is 11.9 Å². The van der Waals surface area contributed by atoms with E-state index in [9.17, 15) is 17.6 Å². The van der Waals surface area contributed by atoms with Crippen molar-refractivity contribution in [2.24, 2.45) is 0 Å². The van der Waals surface area contributed by atoms with Crippen LogP contribution < -0.4 is 9.62 Å². The fourth-order valence-electron chi connectivity index (χ4n) is 3.20. The van der Waals surface area contributed by atoms with Gasteiger partial charge in [0.05, 0.1) is 21.1 Å². The first-order valence-corrected chi connectivity index (χ1v) is 11.0. The molecule has 1 aromatic heterocycles. The highest BCUT2D eigenvalue weighted by Crippen LogP contribution is 2.33. The summed E-state index contributed by atoms with van der Waals surface area (Å²) in [6, 6.07) is 14.6. The molecule has 0 bridgehead atoms. The Labute approximate surface area is 166 Å². The number of benzene rings is 2. The van der Waals surface area contributed by atoms with Crippen molar-refractivity contribution in [1.82, 2.24) is 0 Å². The maximum absolute atomic E-state index is 13.7. The number of anilines is 2. The lowest BCUT2D eigenvalue weighted by Gasteiger charge is -2.30. The van der Waals surface area contributed by atoms with Crippen LogP contribution in [0.25, 0.3) is 0 Å². The fraction of sp³-hybridized carbons (Fsp3) is 0.150. The molecule has 3 aromatic rings. The second-order valence-electron chi connectivity index (χ2n) is 6.39. The molecule has 8 heteroatoms. The van der Waals surface area contributed by atoms with Crippen LogP contribution in [-0.4, -0.2) is 20.9 Å². The molecule has 2 heterocycles. The van der Waals surface area contributed by atoms with Crippen LogP contribution in [0.3, 0.4) is 0 Å². The molecule has 1 amide bonds. The molecule has 0 unspecified atom stereocenters. The number of aryl methyl sites for hydroxylation is 1. The third-order valence-electron chi connectivity index (χ3n) is 4.58. The summed E-state index contributed by atoms with van der Waals surface area (Å²) in [5.74, 6) is -1.10. The van der Waals surface area contributed by atoms with Gasteiger partial charge in [0.15, 0.2) is 0 Å². The molecule has 2 aromatic carbocycles. The Morgan fingerprint density at radius 1 is 1.11 bits per heavy atom. The summed E-state index contributed by atoms with van der Waals surface area (Å²) in [5.41, 5.74) is 1.72. The minimum atomic E-state index is -3.78. The fourth-order valence-corrected chi connectivity index (χ4v) is 5.89. The van der Waals surface area contributed by atoms with Gasteiger partial charge in [-0.05, 0) is 42.7 Å². The molecule has 0 spiro atoms. The Morgan fingerprint density at radius 2 is 1.86 bits per heavy atom. The standard InChI is InChI=1S/C20H17FN2O3S2/c21-16-8-2-3-9-17(16)22-20(24)19-12-15(13-27-19)28(25,26)23-11-5-7-14-6-1-4-10-18(14)23/h1-4,6,8-10,12-13H,5,7,11H2,(H,22,24). The molecule has 144 valence electrons. The minimum Gasteiger partial charge on any atom is -0.319 e. The third-order valence-corrected chi connectivity index (χ3v) is 7.45. The predicted octanol–water partition coefficient (Wildman–Crippen LogP) is 4.28. The van der Waals surface area contributed by atoms with E-state index in [1.54, 1.807) is 12.1 Å². The zero-order valence-corrected chi connectivity index (χ0v) is 16.4. The van der Waals surface area contributed by atoms with Crippen LogP contribution in [0.1, 0.15) is 21.7 Å². The molecule has 0 atom stereocenters. The van der Waals surface area contributed by atoms with Crippen molar-refractivity contribution in [1.29, 1.82) is 0 Å². The number of thiophene rings is 1. The molecule has 0 fully saturated rings. The van der Waals surface area contributed by atoms with E-state index < -0.39 is 21.7 Å². The van der Waals surface area contributed by atoms with Gasteiger partial charge >= 0.3 is 0 Å². The number of halogens is 1. The van der Waals surface area contributed by atoms with Crippen molar-refractivity contribution >= 4 is 38.6 Å². The first kappa shape index (κ1) is 18.6. The van der Waals surface area contributed by atoms with E-state index in [0.717, 1.165) is 29.7 Å². The topological polar surface area (TPSA) is 66.5 Å². The van der Waals surface area contributed by atoms with Gasteiger partial charge in [-0.3, -0.25) is 9.10 Å². The Balaban J connectivity index is 1.60. The number of nitrogens with zero attached hydrogens (tertiary/aromatic N) is 1. The number of amides is 1. The normalized spacial score (nSPS) is 13.8. The highest BCUT2D eigenvalue weighted by atomic mass is 32.2. The monoisotopic (exact) mass is 416 g/mol. The molecule has 0 radical (unpaired) electrons. The maximum Gasteiger partial charge on any atom is 0.265 e. The lowest BCUT2D eigenvalue weighted by Crippen LogP contribution is -2.35. The first-order chi connectivity index (χ1) is 13.5. The highest BCUT2D eigenvalue weighted by molar-refractivity contribution is 7.93. The van der Waals surface area contributed by atoms with E-state index in [0.29, 0.717) is 12.2 Å². The Morgan fingerprint density at radius 3 is 2.68 bits per heavy atom. The number of hydrogen-bond donors (Lipinski definition) is 1. The quantitative estimate of drug-likeness (QED) is 0.690. The zero-order valence-electron chi connectivity index (χ0n) is 14.8. The van der Waals surface area contributed by atoms with Gasteiger partial charge in [0.25, 0.3) is 15.9 Å². The summed E-state index contributed by atoms with van der Waals surface area (Å²) in [5, 5.41) is 3.92. The van der Waals surface area contributed by atoms with E-state index in [2.05, 4.69) is 5.32 Å². The van der Waals surface area contributed by atoms with E-state index in [-0.39, 0.29) is 15.5 Å². The van der Waals surface area contributed by atoms with Gasteiger partial charge in [-0.25, -0.2) is 12.8 Å². The van der Waals surface area contributed by atoms with Crippen LogP contribution in [0.15, 0.2) is 64.9 Å². The SMILES string of the molecule is O=C(Nc1ccccc1F)c1cc(S(=O)(=O)N2CCCc3ccccc32)cs1. The molecule has 1 aliphatic rings. The molecule has 0 aliphatic carbocycles. The summed E-state index contributed by atoms with van der Waals surface area (Å²) >= 11 is 1.01. The van der Waals surface area contributed by atoms with Crippen LogP contribution in [-0.2, 0) is 16.4 Å². The summed E-state index contributed by atoms with van der Waals surface area (Å²) in [4.78, 5) is 12.7. The van der Waals surface area contributed by atoms with Gasteiger partial charge in [0.1, 0.15) is 5.82 Å². The van der Waals surface area contributed by atoms with Crippen molar-refractivity contribution in [3.8, 4) is 0 Å². The molecule has 28 heavy (non-hydrogen) atoms. The largest absolute Gasteiger partial charge is 0.319 e. The lowest BCUT2D eigenvalue weighted by atomic mass is 10.0. The van der Waals surface area contributed by atoms with Gasteiger partial charge in [-0.15, -0.1) is 11.3 Å². The number of rotatable bonds is 4. The number of sulfonamides is 1. The van der Waals surface area contributed by atoms with Crippen LogP contribution in [0, 0.1) is 5.82 Å². The summed E-state index contributed by atoms with van der Waals surface area (Å²) in [6.07, 6.45) is 1.57. The van der Waals surface area contributed by atoms with Crippen LogP contribution in [0.2, 0.25) is 0 Å². The van der Waals surface area contributed by atoms with Gasteiger partial charge < -0.3 is 5.32 Å². The smallest absolute Gasteiger partial charge is 0.265 e. The second-order valence-corrected chi connectivity index (χ2v) is 9.16. The number of carbonyl (C=O) groups excluding carboxylic acids is 1. The predicted molar refractivity (Wildman–Crippen MR) is 108 cm³/mol. The number of fused-ring (bicyclic) bond motifs is 1. The molecule has 0 saturated heterocycles. The summed E-state index contributed by atoms with van der Waals surface area (Å²) in [7, 11) is -3.78. The first-order valence-electron chi connectivity index (χ1n) is 8.72. The van der Waals surface area contributed by atoms with Gasteiger partial charge in [-0.1, -0.05) is 30.3 Å². The lowest BCUT2D eigenvalue weighted by molar-refractivity contribution is 0.103. The molecule has 1 N–H and O–H groups in total.